The van der Waals surface area contributed by atoms with E-state index in [4.69, 9.17) is 0 Å². The number of rotatable bonds is 2. The van der Waals surface area contributed by atoms with Crippen LogP contribution in [0.15, 0.2) is 0 Å². The fourth-order valence-corrected chi connectivity index (χ4v) is 3.22. The second-order valence-electron chi connectivity index (χ2n) is 5.00. The van der Waals surface area contributed by atoms with Gasteiger partial charge in [-0.05, 0) is 51.6 Å². The molecule has 3 nitrogen and oxygen atoms in total. The van der Waals surface area contributed by atoms with Crippen LogP contribution in [0.1, 0.15) is 32.1 Å². The van der Waals surface area contributed by atoms with Crippen LogP contribution < -0.4 is 0 Å². The molecule has 0 amide bonds. The molecule has 1 unspecified atom stereocenters. The molecule has 0 spiro atoms. The zero-order valence-electron chi connectivity index (χ0n) is 9.57. The standard InChI is InChI=1S/C12H22N3/c1-2-8-13(7-1)12-6-5-11-15(12)14-9-3-4-10-14/h6,12H,1-5,7-11H2. The maximum Gasteiger partial charge on any atom is 0.0792 e. The van der Waals surface area contributed by atoms with Crippen LogP contribution in [0.5, 0.6) is 0 Å². The van der Waals surface area contributed by atoms with Gasteiger partial charge in [-0.2, -0.15) is 0 Å². The van der Waals surface area contributed by atoms with Crippen molar-refractivity contribution < 1.29 is 0 Å². The highest BCUT2D eigenvalue weighted by molar-refractivity contribution is 4.93. The fraction of sp³-hybridized carbons (Fsp3) is 0.917. The molecule has 3 heteroatoms. The van der Waals surface area contributed by atoms with Crippen molar-refractivity contribution >= 4 is 0 Å². The minimum atomic E-state index is 0.630. The lowest BCUT2D eigenvalue weighted by Crippen LogP contribution is -2.51. The van der Waals surface area contributed by atoms with Gasteiger partial charge in [0.1, 0.15) is 0 Å². The van der Waals surface area contributed by atoms with Crippen LogP contribution in [0.25, 0.3) is 0 Å². The molecule has 0 aromatic rings. The topological polar surface area (TPSA) is 9.72 Å². The largest absolute Gasteiger partial charge is 0.287 e. The normalized spacial score (nSPS) is 35.6. The van der Waals surface area contributed by atoms with Crippen LogP contribution in [0.3, 0.4) is 0 Å². The van der Waals surface area contributed by atoms with E-state index in [1.807, 2.05) is 0 Å². The third kappa shape index (κ3) is 1.93. The van der Waals surface area contributed by atoms with Gasteiger partial charge in [0.2, 0.25) is 0 Å². The summed E-state index contributed by atoms with van der Waals surface area (Å²) in [6.07, 6.45) is 10.0. The molecule has 1 atom stereocenters. The van der Waals surface area contributed by atoms with Gasteiger partial charge in [-0.1, -0.05) is 0 Å². The lowest BCUT2D eigenvalue weighted by Gasteiger charge is -2.37. The molecule has 0 aliphatic carbocycles. The zero-order chi connectivity index (χ0) is 10.1. The first-order chi connectivity index (χ1) is 7.45. The summed E-state index contributed by atoms with van der Waals surface area (Å²) >= 11 is 0. The van der Waals surface area contributed by atoms with Gasteiger partial charge in [0.25, 0.3) is 0 Å². The minimum absolute atomic E-state index is 0.630. The highest BCUT2D eigenvalue weighted by Gasteiger charge is 2.35. The van der Waals surface area contributed by atoms with Crippen molar-refractivity contribution in [3.8, 4) is 0 Å². The highest BCUT2D eigenvalue weighted by atomic mass is 15.7. The predicted molar refractivity (Wildman–Crippen MR) is 61.0 cm³/mol. The molecule has 0 N–H and O–H groups in total. The number of hydrazine groups is 1. The Morgan fingerprint density at radius 3 is 2.20 bits per heavy atom. The fourth-order valence-electron chi connectivity index (χ4n) is 3.22. The average molecular weight is 208 g/mol. The second-order valence-corrected chi connectivity index (χ2v) is 5.00. The van der Waals surface area contributed by atoms with Gasteiger partial charge in [0, 0.05) is 19.6 Å². The first-order valence-electron chi connectivity index (χ1n) is 6.54. The Balaban J connectivity index is 1.65. The predicted octanol–water partition coefficient (Wildman–Crippen LogP) is 1.33. The van der Waals surface area contributed by atoms with Gasteiger partial charge in [0.15, 0.2) is 0 Å². The van der Waals surface area contributed by atoms with Crippen LogP contribution >= 0.6 is 0 Å². The van der Waals surface area contributed by atoms with E-state index in [9.17, 15) is 0 Å². The second kappa shape index (κ2) is 4.40. The summed E-state index contributed by atoms with van der Waals surface area (Å²) in [5, 5.41) is 5.21. The number of likely N-dealkylation sites (tertiary alicyclic amines) is 1. The maximum absolute atomic E-state index is 2.66. The maximum atomic E-state index is 2.66. The van der Waals surface area contributed by atoms with E-state index in [1.54, 1.807) is 0 Å². The first-order valence-corrected chi connectivity index (χ1v) is 6.54. The average Bonchev–Trinajstić information content (AvgIpc) is 3.01. The van der Waals surface area contributed by atoms with Crippen molar-refractivity contribution in [3.63, 3.8) is 0 Å². The van der Waals surface area contributed by atoms with E-state index in [1.165, 1.54) is 64.8 Å². The van der Waals surface area contributed by atoms with Crippen LogP contribution in [0, 0.1) is 6.42 Å². The van der Waals surface area contributed by atoms with E-state index in [-0.39, 0.29) is 0 Å². The zero-order valence-corrected chi connectivity index (χ0v) is 9.57. The van der Waals surface area contributed by atoms with Crippen LogP contribution in [0.4, 0.5) is 0 Å². The number of nitrogens with zero attached hydrogens (tertiary/aromatic N) is 3. The van der Waals surface area contributed by atoms with Crippen molar-refractivity contribution in [1.29, 1.82) is 0 Å². The quantitative estimate of drug-likeness (QED) is 0.678. The smallest absolute Gasteiger partial charge is 0.0792 e. The third-order valence-corrected chi connectivity index (χ3v) is 4.00. The van der Waals surface area contributed by atoms with Gasteiger partial charge in [-0.15, -0.1) is 0 Å². The highest BCUT2D eigenvalue weighted by Crippen LogP contribution is 2.26. The molecule has 3 rings (SSSR count). The summed E-state index contributed by atoms with van der Waals surface area (Å²) in [6, 6.07) is 0. The summed E-state index contributed by atoms with van der Waals surface area (Å²) in [5.41, 5.74) is 0. The summed E-state index contributed by atoms with van der Waals surface area (Å²) in [6.45, 7) is 6.45. The molecule has 15 heavy (non-hydrogen) atoms. The van der Waals surface area contributed by atoms with Gasteiger partial charge >= 0.3 is 0 Å². The molecule has 3 heterocycles. The van der Waals surface area contributed by atoms with E-state index in [0.717, 1.165) is 0 Å². The molecular formula is C12H22N3. The summed E-state index contributed by atoms with van der Waals surface area (Å²) in [4.78, 5) is 2.66. The Morgan fingerprint density at radius 2 is 1.47 bits per heavy atom. The van der Waals surface area contributed by atoms with Gasteiger partial charge < -0.3 is 0 Å². The minimum Gasteiger partial charge on any atom is -0.287 e. The molecule has 0 saturated carbocycles. The molecular weight excluding hydrogens is 186 g/mol. The Bertz CT molecular complexity index is 185. The van der Waals surface area contributed by atoms with Crippen LogP contribution in [-0.2, 0) is 0 Å². The number of hydrogen-bond acceptors (Lipinski definition) is 3. The Labute approximate surface area is 93.0 Å². The van der Waals surface area contributed by atoms with Crippen LogP contribution in [0.2, 0.25) is 0 Å². The molecule has 85 valence electrons. The van der Waals surface area contributed by atoms with Crippen molar-refractivity contribution in [2.45, 2.75) is 38.3 Å². The molecule has 1 radical (unpaired) electrons. The Hall–Kier alpha value is -0.120. The van der Waals surface area contributed by atoms with Gasteiger partial charge in [0.05, 0.1) is 6.17 Å². The Morgan fingerprint density at radius 1 is 0.800 bits per heavy atom. The first kappa shape index (κ1) is 10.1. The van der Waals surface area contributed by atoms with Gasteiger partial charge in [-0.3, -0.25) is 4.90 Å². The SMILES string of the molecule is [CH]1CCN(N2CCCC2)C1N1CCCC1. The number of hydrogen-bond donors (Lipinski definition) is 0. The summed E-state index contributed by atoms with van der Waals surface area (Å²) in [5.74, 6) is 0. The van der Waals surface area contributed by atoms with Crippen molar-refractivity contribution in [3.05, 3.63) is 6.42 Å². The Kier molecular flexibility index (Phi) is 2.95. The molecule has 3 aliphatic rings. The van der Waals surface area contributed by atoms with Crippen molar-refractivity contribution in [1.82, 2.24) is 14.9 Å². The molecule has 3 saturated heterocycles. The molecule has 3 fully saturated rings. The lowest BCUT2D eigenvalue weighted by atomic mass is 10.3. The molecule has 0 aromatic carbocycles. The summed E-state index contributed by atoms with van der Waals surface area (Å²) < 4.78 is 0. The van der Waals surface area contributed by atoms with Crippen LogP contribution in [-0.4, -0.2) is 53.8 Å². The van der Waals surface area contributed by atoms with Gasteiger partial charge in [-0.25, -0.2) is 10.0 Å². The van der Waals surface area contributed by atoms with E-state index < -0.39 is 0 Å². The van der Waals surface area contributed by atoms with E-state index in [0.29, 0.717) is 6.17 Å². The van der Waals surface area contributed by atoms with E-state index >= 15 is 0 Å². The van der Waals surface area contributed by atoms with E-state index in [2.05, 4.69) is 21.3 Å². The van der Waals surface area contributed by atoms with Crippen molar-refractivity contribution in [2.24, 2.45) is 0 Å². The third-order valence-electron chi connectivity index (χ3n) is 4.00. The summed E-state index contributed by atoms with van der Waals surface area (Å²) in [7, 11) is 0. The molecule has 0 aromatic heterocycles. The monoisotopic (exact) mass is 208 g/mol. The lowest BCUT2D eigenvalue weighted by molar-refractivity contribution is -0.0598. The molecule has 3 aliphatic heterocycles. The van der Waals surface area contributed by atoms with Crippen molar-refractivity contribution in [2.75, 3.05) is 32.7 Å². The molecule has 0 bridgehead atoms.